The molecule has 2 aliphatic rings. The second kappa shape index (κ2) is 7.69. The number of H-pyrrole nitrogens is 1. The molecule has 1 aromatic carbocycles. The van der Waals surface area contributed by atoms with E-state index in [1.807, 2.05) is 0 Å². The summed E-state index contributed by atoms with van der Waals surface area (Å²) in [5.41, 5.74) is -0.315. The zero-order chi connectivity index (χ0) is 22.4. The fraction of sp³-hybridized carbons (Fsp3) is 0.455. The molecule has 2 amide bonds. The van der Waals surface area contributed by atoms with Crippen LogP contribution >= 0.6 is 0 Å². The summed E-state index contributed by atoms with van der Waals surface area (Å²) in [6.07, 6.45) is -3.69. The average molecular weight is 437 g/mol. The number of aromatic amines is 1. The van der Waals surface area contributed by atoms with E-state index in [-0.39, 0.29) is 36.8 Å². The third-order valence-electron chi connectivity index (χ3n) is 6.33. The second-order valence-electron chi connectivity index (χ2n) is 8.36. The van der Waals surface area contributed by atoms with E-state index in [0.29, 0.717) is 29.8 Å². The highest BCUT2D eigenvalue weighted by Crippen LogP contribution is 2.63. The molecule has 4 rings (SSSR count). The van der Waals surface area contributed by atoms with E-state index in [2.05, 4.69) is 15.6 Å². The lowest BCUT2D eigenvalue weighted by molar-refractivity contribution is -0.165. The Morgan fingerprint density at radius 2 is 1.94 bits per heavy atom. The molecule has 1 aromatic heterocycles. The van der Waals surface area contributed by atoms with Crippen molar-refractivity contribution in [3.05, 3.63) is 47.4 Å². The van der Waals surface area contributed by atoms with Gasteiger partial charge in [-0.25, -0.2) is 4.39 Å². The second-order valence-corrected chi connectivity index (χ2v) is 8.36. The summed E-state index contributed by atoms with van der Waals surface area (Å²) < 4.78 is 54.9. The first-order chi connectivity index (χ1) is 14.6. The maximum Gasteiger partial charge on any atom is 0.400 e. The molecular weight excluding hydrogens is 414 g/mol. The molecule has 2 aromatic rings. The number of carbonyl (C=O) groups excluding carboxylic acids is 2. The zero-order valence-corrected chi connectivity index (χ0v) is 16.9. The topological polar surface area (TPSA) is 74.0 Å². The van der Waals surface area contributed by atoms with Crippen molar-refractivity contribution in [3.63, 3.8) is 0 Å². The average Bonchev–Trinajstić information content (AvgIpc) is 3.03. The Hall–Kier alpha value is -2.84. The van der Waals surface area contributed by atoms with Gasteiger partial charge < -0.3 is 15.6 Å². The van der Waals surface area contributed by atoms with Crippen molar-refractivity contribution in [2.75, 3.05) is 6.54 Å². The number of halogens is 4. The molecule has 1 saturated heterocycles. The minimum atomic E-state index is -4.40. The predicted octanol–water partition coefficient (Wildman–Crippen LogP) is 3.60. The molecule has 0 spiro atoms. The van der Waals surface area contributed by atoms with Crippen molar-refractivity contribution < 1.29 is 27.2 Å². The highest BCUT2D eigenvalue weighted by Gasteiger charge is 2.70. The molecule has 9 heteroatoms. The monoisotopic (exact) mass is 437 g/mol. The van der Waals surface area contributed by atoms with Crippen molar-refractivity contribution in [1.82, 2.24) is 15.6 Å². The number of alkyl halides is 3. The summed E-state index contributed by atoms with van der Waals surface area (Å²) in [5, 5.41) is 5.29. The minimum absolute atomic E-state index is 0.00338. The number of rotatable bonds is 6. The Morgan fingerprint density at radius 1 is 1.26 bits per heavy atom. The fourth-order valence-electron chi connectivity index (χ4n) is 4.40. The molecule has 5 nitrogen and oxygen atoms in total. The Bertz CT molecular complexity index is 999. The van der Waals surface area contributed by atoms with Gasteiger partial charge in [0, 0.05) is 24.4 Å². The fourth-order valence-corrected chi connectivity index (χ4v) is 4.40. The SMILES string of the molecule is CC1CC1(c1cc(CCC(=O)NC2CCNC2=O)c(-c2ccc(F)cc2)[nH]1)C(F)(F)F. The minimum Gasteiger partial charge on any atom is -0.357 e. The number of amides is 2. The van der Waals surface area contributed by atoms with Gasteiger partial charge >= 0.3 is 6.18 Å². The van der Waals surface area contributed by atoms with E-state index in [4.69, 9.17) is 0 Å². The maximum absolute atomic E-state index is 13.8. The highest BCUT2D eigenvalue weighted by atomic mass is 19.4. The summed E-state index contributed by atoms with van der Waals surface area (Å²) in [7, 11) is 0. The molecule has 3 N–H and O–H groups in total. The Morgan fingerprint density at radius 3 is 2.48 bits per heavy atom. The van der Waals surface area contributed by atoms with Crippen molar-refractivity contribution >= 4 is 11.8 Å². The van der Waals surface area contributed by atoms with Gasteiger partial charge in [-0.1, -0.05) is 6.92 Å². The molecule has 1 aliphatic heterocycles. The van der Waals surface area contributed by atoms with Gasteiger partial charge in [0.2, 0.25) is 11.8 Å². The van der Waals surface area contributed by atoms with E-state index in [1.165, 1.54) is 30.3 Å². The molecule has 2 fully saturated rings. The van der Waals surface area contributed by atoms with Crippen molar-refractivity contribution in [3.8, 4) is 11.3 Å². The van der Waals surface area contributed by atoms with Gasteiger partial charge in [0.15, 0.2) is 0 Å². The Kier molecular flexibility index (Phi) is 5.31. The smallest absolute Gasteiger partial charge is 0.357 e. The third-order valence-corrected chi connectivity index (χ3v) is 6.33. The first kappa shape index (κ1) is 21.4. The van der Waals surface area contributed by atoms with Gasteiger partial charge in [-0.3, -0.25) is 9.59 Å². The van der Waals surface area contributed by atoms with E-state index in [9.17, 15) is 27.2 Å². The summed E-state index contributed by atoms with van der Waals surface area (Å²) in [6, 6.07) is 6.37. The largest absolute Gasteiger partial charge is 0.400 e. The number of benzene rings is 1. The highest BCUT2D eigenvalue weighted by molar-refractivity contribution is 5.89. The van der Waals surface area contributed by atoms with Crippen LogP contribution in [0.1, 0.15) is 37.4 Å². The molecule has 0 radical (unpaired) electrons. The molecule has 2 heterocycles. The van der Waals surface area contributed by atoms with Gasteiger partial charge in [0.1, 0.15) is 17.3 Å². The zero-order valence-electron chi connectivity index (χ0n) is 16.9. The van der Waals surface area contributed by atoms with Crippen LogP contribution in [0.15, 0.2) is 30.3 Å². The van der Waals surface area contributed by atoms with E-state index < -0.39 is 29.4 Å². The normalized spacial score (nSPS) is 25.4. The van der Waals surface area contributed by atoms with Gasteiger partial charge in [-0.05, 0) is 66.6 Å². The summed E-state index contributed by atoms with van der Waals surface area (Å²) >= 11 is 0. The maximum atomic E-state index is 13.8. The number of nitrogens with one attached hydrogen (secondary N) is 3. The predicted molar refractivity (Wildman–Crippen MR) is 106 cm³/mol. The van der Waals surface area contributed by atoms with Crippen LogP contribution in [-0.2, 0) is 21.4 Å². The summed E-state index contributed by atoms with van der Waals surface area (Å²) in [5.74, 6) is -1.59. The van der Waals surface area contributed by atoms with E-state index in [1.54, 1.807) is 6.92 Å². The molecule has 1 saturated carbocycles. The lowest BCUT2D eigenvalue weighted by atomic mass is 9.97. The van der Waals surface area contributed by atoms with Crippen LogP contribution in [0.5, 0.6) is 0 Å². The molecule has 0 bridgehead atoms. The van der Waals surface area contributed by atoms with Gasteiger partial charge in [-0.15, -0.1) is 0 Å². The van der Waals surface area contributed by atoms with Gasteiger partial charge in [0.25, 0.3) is 0 Å². The summed E-state index contributed by atoms with van der Waals surface area (Å²) in [6.45, 7) is 2.06. The van der Waals surface area contributed by atoms with Crippen LogP contribution in [-0.4, -0.2) is 35.6 Å². The van der Waals surface area contributed by atoms with Crippen molar-refractivity contribution in [1.29, 1.82) is 0 Å². The molecule has 166 valence electrons. The standard InChI is InChI=1S/C22H23F4N3O2/c1-12-11-21(12,22(24,25)26)17-10-14(19(29-17)13-2-5-15(23)6-3-13)4-7-18(30)28-16-8-9-27-20(16)31/h2-3,5-6,10,12,16,29H,4,7-9,11H2,1H3,(H,27,31)(H,28,30). The number of hydrogen-bond donors (Lipinski definition) is 3. The van der Waals surface area contributed by atoms with Crippen molar-refractivity contribution in [2.45, 2.75) is 50.2 Å². The molecular formula is C22H23F4N3O2. The lowest BCUT2D eigenvalue weighted by Crippen LogP contribution is -2.40. The quantitative estimate of drug-likeness (QED) is 0.605. The van der Waals surface area contributed by atoms with Crippen LogP contribution in [0.4, 0.5) is 17.6 Å². The Labute approximate surface area is 176 Å². The first-order valence-electron chi connectivity index (χ1n) is 10.2. The summed E-state index contributed by atoms with van der Waals surface area (Å²) in [4.78, 5) is 26.9. The van der Waals surface area contributed by atoms with Crippen LogP contribution in [0.2, 0.25) is 0 Å². The molecule has 3 unspecified atom stereocenters. The van der Waals surface area contributed by atoms with Gasteiger partial charge in [-0.2, -0.15) is 13.2 Å². The lowest BCUT2D eigenvalue weighted by Gasteiger charge is -2.19. The third kappa shape index (κ3) is 3.93. The van der Waals surface area contributed by atoms with E-state index in [0.717, 1.165) is 0 Å². The number of carbonyl (C=O) groups is 2. The number of aromatic nitrogens is 1. The van der Waals surface area contributed by atoms with Crippen molar-refractivity contribution in [2.24, 2.45) is 5.92 Å². The Balaban J connectivity index is 1.59. The van der Waals surface area contributed by atoms with Crippen LogP contribution in [0, 0.1) is 11.7 Å². The number of aryl methyl sites for hydroxylation is 1. The first-order valence-corrected chi connectivity index (χ1v) is 10.2. The van der Waals surface area contributed by atoms with Crippen LogP contribution in [0.25, 0.3) is 11.3 Å². The molecule has 3 atom stereocenters. The molecule has 31 heavy (non-hydrogen) atoms. The van der Waals surface area contributed by atoms with Gasteiger partial charge in [0.05, 0.1) is 0 Å². The van der Waals surface area contributed by atoms with E-state index >= 15 is 0 Å². The van der Waals surface area contributed by atoms with Crippen LogP contribution in [0.3, 0.4) is 0 Å². The van der Waals surface area contributed by atoms with Crippen LogP contribution < -0.4 is 10.6 Å². The molecule has 1 aliphatic carbocycles. The number of hydrogen-bond acceptors (Lipinski definition) is 2.